The molecule has 6 aliphatic carbocycles. The lowest BCUT2D eigenvalue weighted by molar-refractivity contribution is -0.138. The summed E-state index contributed by atoms with van der Waals surface area (Å²) in [7, 11) is 0. The molecule has 0 aromatic rings. The Morgan fingerprint density at radius 3 is 1.68 bits per heavy atom. The van der Waals surface area contributed by atoms with Gasteiger partial charge in [0.05, 0.1) is 38.6 Å². The largest absolute Gasteiger partial charge is 0.481 e. The molecule has 6 aliphatic rings. The van der Waals surface area contributed by atoms with Gasteiger partial charge in [0.2, 0.25) is 0 Å². The van der Waals surface area contributed by atoms with Gasteiger partial charge in [-0.3, -0.25) is 9.59 Å². The van der Waals surface area contributed by atoms with Gasteiger partial charge in [0.25, 0.3) is 0 Å². The SMILES string of the molecule is C[C@H](CCC(=O)O)[C@@H]1CCC[C@H]2[C@@H](CC[C@@H]3C[C@H](OCCOCCO[C@@H]4CC[C@@]5(C)[C@H](CC[C@H]6[C@@H](C)CC[C@H](C(C)(C)CCC(=O)O)CCC[C@@H]65)C4)CC[C@@]32C)[C@@H](C)CC1. The molecule has 6 saturated carbocycles. The van der Waals surface area contributed by atoms with Crippen molar-refractivity contribution in [3.63, 3.8) is 0 Å². The normalized spacial score (nSPS) is 41.0. The molecular formula is C53H92O7. The molecular weight excluding hydrogens is 749 g/mol. The van der Waals surface area contributed by atoms with Crippen LogP contribution in [0.4, 0.5) is 0 Å². The topological polar surface area (TPSA) is 102 Å². The molecule has 7 nitrogen and oxygen atoms in total. The molecule has 346 valence electrons. The molecule has 0 aromatic carbocycles. The fourth-order valence-electron chi connectivity index (χ4n) is 15.6. The first kappa shape index (κ1) is 48.3. The molecule has 0 unspecified atom stereocenters. The Balaban J connectivity index is 0.881. The lowest BCUT2D eigenvalue weighted by Crippen LogP contribution is -2.49. The highest BCUT2D eigenvalue weighted by Crippen LogP contribution is 2.61. The maximum Gasteiger partial charge on any atom is 0.303 e. The molecule has 15 atom stereocenters. The van der Waals surface area contributed by atoms with E-state index < -0.39 is 11.9 Å². The number of aliphatic carboxylic acids is 2. The van der Waals surface area contributed by atoms with Crippen LogP contribution in [0.3, 0.4) is 0 Å². The predicted octanol–water partition coefficient (Wildman–Crippen LogP) is 13.3. The van der Waals surface area contributed by atoms with E-state index in [2.05, 4.69) is 48.5 Å². The van der Waals surface area contributed by atoms with Gasteiger partial charge in [0.1, 0.15) is 0 Å². The number of carbonyl (C=O) groups is 2. The van der Waals surface area contributed by atoms with Gasteiger partial charge >= 0.3 is 11.9 Å². The van der Waals surface area contributed by atoms with E-state index in [9.17, 15) is 19.8 Å². The Labute approximate surface area is 367 Å². The highest BCUT2D eigenvalue weighted by Gasteiger charge is 2.53. The maximum absolute atomic E-state index is 11.4. The third kappa shape index (κ3) is 11.9. The Morgan fingerprint density at radius 1 is 0.633 bits per heavy atom. The second-order valence-electron chi connectivity index (χ2n) is 23.5. The molecule has 0 heterocycles. The van der Waals surface area contributed by atoms with Gasteiger partial charge in [-0.05, 0) is 190 Å². The summed E-state index contributed by atoms with van der Waals surface area (Å²) in [5, 5.41) is 18.6. The standard InChI is InChI=1S/C53H92O7/c1-36(16-23-49(54)55)39-10-8-12-47-45(37(2)14-17-39)21-19-41-34-43(24-28-52(41,47)6)59-32-30-58-31-33-60-44-25-29-53(7)42(35-44)20-22-46-38(3)15-18-40(11-9-13-48(46)53)51(4,5)27-26-50(56)57/h36-48H,8-35H2,1-7H3,(H,54,55)(H,56,57)/t36-,37+,38+,39-,40-,41-,42-,43-,44-,45+,46+,47+,48+,52+,53+/m1/s1. The molecule has 0 saturated heterocycles. The lowest BCUT2D eigenvalue weighted by atomic mass is 9.50. The lowest BCUT2D eigenvalue weighted by Gasteiger charge is -2.56. The van der Waals surface area contributed by atoms with Gasteiger partial charge in [-0.1, -0.05) is 80.6 Å². The third-order valence-electron chi connectivity index (χ3n) is 19.8. The molecule has 6 rings (SSSR count). The summed E-state index contributed by atoms with van der Waals surface area (Å²) in [6.45, 7) is 20.0. The van der Waals surface area contributed by atoms with E-state index in [1.54, 1.807) is 0 Å². The van der Waals surface area contributed by atoms with E-state index in [-0.39, 0.29) is 5.41 Å². The van der Waals surface area contributed by atoms with E-state index in [0.29, 0.717) is 80.1 Å². The summed E-state index contributed by atoms with van der Waals surface area (Å²) >= 11 is 0. The Bertz CT molecular complexity index is 1350. The van der Waals surface area contributed by atoms with E-state index in [1.807, 2.05) is 0 Å². The molecule has 60 heavy (non-hydrogen) atoms. The van der Waals surface area contributed by atoms with Crippen molar-refractivity contribution in [3.05, 3.63) is 0 Å². The fourth-order valence-corrected chi connectivity index (χ4v) is 15.6. The van der Waals surface area contributed by atoms with Crippen molar-refractivity contribution >= 4 is 11.9 Å². The third-order valence-corrected chi connectivity index (χ3v) is 19.8. The Hall–Kier alpha value is -1.18. The zero-order chi connectivity index (χ0) is 43.1. The molecule has 0 bridgehead atoms. The van der Waals surface area contributed by atoms with Gasteiger partial charge in [0, 0.05) is 12.8 Å². The summed E-state index contributed by atoms with van der Waals surface area (Å²) < 4.78 is 19.2. The molecule has 7 heteroatoms. The predicted molar refractivity (Wildman–Crippen MR) is 242 cm³/mol. The van der Waals surface area contributed by atoms with Crippen LogP contribution in [-0.4, -0.2) is 60.8 Å². The number of carboxylic acid groups (broad SMARTS) is 2. The second kappa shape index (κ2) is 21.7. The van der Waals surface area contributed by atoms with Crippen LogP contribution in [0.25, 0.3) is 0 Å². The minimum absolute atomic E-state index is 0.0941. The highest BCUT2D eigenvalue weighted by atomic mass is 16.5. The molecule has 0 spiro atoms. The first-order chi connectivity index (χ1) is 28.6. The van der Waals surface area contributed by atoms with Gasteiger partial charge in [0.15, 0.2) is 0 Å². The first-order valence-corrected chi connectivity index (χ1v) is 25.8. The zero-order valence-corrected chi connectivity index (χ0v) is 39.7. The second-order valence-corrected chi connectivity index (χ2v) is 23.5. The zero-order valence-electron chi connectivity index (χ0n) is 39.7. The van der Waals surface area contributed by atoms with Crippen LogP contribution in [0.1, 0.15) is 203 Å². The molecule has 0 aromatic heterocycles. The highest BCUT2D eigenvalue weighted by molar-refractivity contribution is 5.66. The van der Waals surface area contributed by atoms with Crippen molar-refractivity contribution in [3.8, 4) is 0 Å². The van der Waals surface area contributed by atoms with Crippen molar-refractivity contribution in [1.29, 1.82) is 0 Å². The number of hydrogen-bond donors (Lipinski definition) is 2. The Morgan fingerprint density at radius 2 is 1.15 bits per heavy atom. The van der Waals surface area contributed by atoms with Crippen LogP contribution < -0.4 is 0 Å². The molecule has 6 fully saturated rings. The molecule has 0 radical (unpaired) electrons. The number of rotatable bonds is 16. The summed E-state index contributed by atoms with van der Waals surface area (Å²) in [5.41, 5.74) is 0.937. The fraction of sp³-hybridized carbons (Fsp3) is 0.962. The quantitative estimate of drug-likeness (QED) is 0.149. The minimum atomic E-state index is -0.656. The van der Waals surface area contributed by atoms with Crippen molar-refractivity contribution in [2.24, 2.45) is 81.3 Å². The summed E-state index contributed by atoms with van der Waals surface area (Å²) in [6, 6.07) is 0. The summed E-state index contributed by atoms with van der Waals surface area (Å²) in [5.74, 6) is 6.83. The summed E-state index contributed by atoms with van der Waals surface area (Å²) in [4.78, 5) is 22.6. The van der Waals surface area contributed by atoms with Gasteiger partial charge < -0.3 is 24.4 Å². The van der Waals surface area contributed by atoms with Crippen LogP contribution >= 0.6 is 0 Å². The average Bonchev–Trinajstić information content (AvgIpc) is 3.35. The first-order valence-electron chi connectivity index (χ1n) is 25.8. The average molecular weight is 841 g/mol. The van der Waals surface area contributed by atoms with Crippen molar-refractivity contribution in [1.82, 2.24) is 0 Å². The van der Waals surface area contributed by atoms with Gasteiger partial charge in [-0.2, -0.15) is 0 Å². The van der Waals surface area contributed by atoms with E-state index in [1.165, 1.54) is 128 Å². The van der Waals surface area contributed by atoms with Crippen LogP contribution in [-0.2, 0) is 23.8 Å². The summed E-state index contributed by atoms with van der Waals surface area (Å²) in [6.07, 6.45) is 28.7. The van der Waals surface area contributed by atoms with Crippen LogP contribution in [0.2, 0.25) is 0 Å². The van der Waals surface area contributed by atoms with Gasteiger partial charge in [-0.25, -0.2) is 0 Å². The van der Waals surface area contributed by atoms with Crippen molar-refractivity contribution < 1.29 is 34.0 Å². The van der Waals surface area contributed by atoms with E-state index in [4.69, 9.17) is 14.2 Å². The van der Waals surface area contributed by atoms with Crippen molar-refractivity contribution in [2.45, 2.75) is 215 Å². The van der Waals surface area contributed by atoms with Crippen LogP contribution in [0.5, 0.6) is 0 Å². The van der Waals surface area contributed by atoms with Crippen LogP contribution in [0, 0.1) is 81.3 Å². The molecule has 2 N–H and O–H groups in total. The monoisotopic (exact) mass is 841 g/mol. The molecule has 0 amide bonds. The van der Waals surface area contributed by atoms with E-state index >= 15 is 0 Å². The van der Waals surface area contributed by atoms with Crippen LogP contribution in [0.15, 0.2) is 0 Å². The minimum Gasteiger partial charge on any atom is -0.481 e. The number of ether oxygens (including phenoxy) is 3. The smallest absolute Gasteiger partial charge is 0.303 e. The molecule has 0 aliphatic heterocycles. The number of carboxylic acids is 2. The van der Waals surface area contributed by atoms with Gasteiger partial charge in [-0.15, -0.1) is 0 Å². The number of hydrogen-bond acceptors (Lipinski definition) is 5. The number of fused-ring (bicyclic) bond motifs is 6. The van der Waals surface area contributed by atoms with E-state index in [0.717, 1.165) is 60.2 Å². The Kier molecular flexibility index (Phi) is 17.4. The maximum atomic E-state index is 11.4. The van der Waals surface area contributed by atoms with Crippen molar-refractivity contribution in [2.75, 3.05) is 26.4 Å².